The molecule has 1 aliphatic rings. The zero-order valence-corrected chi connectivity index (χ0v) is 12.2. The van der Waals surface area contributed by atoms with Crippen LogP contribution in [0.3, 0.4) is 0 Å². The second-order valence-electron chi connectivity index (χ2n) is 5.52. The van der Waals surface area contributed by atoms with Gasteiger partial charge in [0.05, 0.1) is 18.8 Å². The van der Waals surface area contributed by atoms with Crippen molar-refractivity contribution in [2.75, 3.05) is 13.2 Å². The highest BCUT2D eigenvalue weighted by molar-refractivity contribution is 5.76. The number of aliphatic hydroxyl groups is 1. The molecule has 0 saturated carbocycles. The van der Waals surface area contributed by atoms with Gasteiger partial charge in [-0.2, -0.15) is 0 Å². The van der Waals surface area contributed by atoms with Gasteiger partial charge >= 0.3 is 0 Å². The van der Waals surface area contributed by atoms with E-state index in [4.69, 9.17) is 4.74 Å². The molecule has 2 N–H and O–H groups in total. The van der Waals surface area contributed by atoms with E-state index in [1.165, 1.54) is 16.7 Å². The van der Waals surface area contributed by atoms with Gasteiger partial charge in [0.15, 0.2) is 0 Å². The van der Waals surface area contributed by atoms with Gasteiger partial charge in [0.25, 0.3) is 0 Å². The summed E-state index contributed by atoms with van der Waals surface area (Å²) in [5.41, 5.74) is 3.68. The van der Waals surface area contributed by atoms with E-state index in [0.29, 0.717) is 26.1 Å². The molecule has 1 heterocycles. The van der Waals surface area contributed by atoms with Crippen molar-refractivity contribution < 1.29 is 14.6 Å². The summed E-state index contributed by atoms with van der Waals surface area (Å²) >= 11 is 0. The highest BCUT2D eigenvalue weighted by Gasteiger charge is 2.24. The average molecular weight is 277 g/mol. The van der Waals surface area contributed by atoms with Crippen LogP contribution in [-0.2, 0) is 16.0 Å². The van der Waals surface area contributed by atoms with Crippen LogP contribution in [0, 0.1) is 13.8 Å². The average Bonchev–Trinajstić information content (AvgIpc) is 2.43. The van der Waals surface area contributed by atoms with Crippen LogP contribution in [0.1, 0.15) is 29.5 Å². The molecule has 2 atom stereocenters. The van der Waals surface area contributed by atoms with Gasteiger partial charge in [-0.15, -0.1) is 0 Å². The van der Waals surface area contributed by atoms with Crippen LogP contribution in [0.5, 0.6) is 0 Å². The van der Waals surface area contributed by atoms with Gasteiger partial charge in [-0.3, -0.25) is 4.79 Å². The smallest absolute Gasteiger partial charge is 0.220 e. The lowest BCUT2D eigenvalue weighted by Crippen LogP contribution is -2.49. The van der Waals surface area contributed by atoms with Crippen molar-refractivity contribution in [2.45, 2.75) is 45.3 Å². The number of carbonyl (C=O) groups is 1. The molecule has 0 spiro atoms. The third kappa shape index (κ3) is 4.05. The molecule has 4 heteroatoms. The summed E-state index contributed by atoms with van der Waals surface area (Å²) in [6.07, 6.45) is 1.25. The maximum absolute atomic E-state index is 11.9. The van der Waals surface area contributed by atoms with Crippen molar-refractivity contribution in [2.24, 2.45) is 0 Å². The molecule has 0 aliphatic carbocycles. The molecular formula is C16H23NO3. The number of ether oxygens (including phenoxy) is 1. The zero-order chi connectivity index (χ0) is 14.5. The number of aliphatic hydroxyl groups excluding tert-OH is 1. The largest absolute Gasteiger partial charge is 0.391 e. The van der Waals surface area contributed by atoms with Crippen LogP contribution in [0.15, 0.2) is 18.2 Å². The Balaban J connectivity index is 1.81. The predicted octanol–water partition coefficient (Wildman–Crippen LogP) is 1.50. The SMILES string of the molecule is Cc1ccc(CCC(=O)N[C@@H]2COCC[C@H]2O)cc1C. The molecule has 0 radical (unpaired) electrons. The second kappa shape index (κ2) is 6.86. The fourth-order valence-corrected chi connectivity index (χ4v) is 2.36. The summed E-state index contributed by atoms with van der Waals surface area (Å²) in [6.45, 7) is 5.12. The highest BCUT2D eigenvalue weighted by atomic mass is 16.5. The van der Waals surface area contributed by atoms with Crippen molar-refractivity contribution in [1.82, 2.24) is 5.32 Å². The lowest BCUT2D eigenvalue weighted by molar-refractivity contribution is -0.124. The number of rotatable bonds is 4. The van der Waals surface area contributed by atoms with Crippen molar-refractivity contribution >= 4 is 5.91 Å². The van der Waals surface area contributed by atoms with Crippen molar-refractivity contribution in [3.8, 4) is 0 Å². The minimum absolute atomic E-state index is 0.0298. The molecule has 0 unspecified atom stereocenters. The molecule has 1 aromatic rings. The van der Waals surface area contributed by atoms with Crippen LogP contribution in [0.2, 0.25) is 0 Å². The molecule has 110 valence electrons. The van der Waals surface area contributed by atoms with E-state index in [1.54, 1.807) is 0 Å². The van der Waals surface area contributed by atoms with E-state index >= 15 is 0 Å². The predicted molar refractivity (Wildman–Crippen MR) is 77.6 cm³/mol. The van der Waals surface area contributed by atoms with Gasteiger partial charge in [-0.1, -0.05) is 18.2 Å². The summed E-state index contributed by atoms with van der Waals surface area (Å²) in [4.78, 5) is 11.9. The van der Waals surface area contributed by atoms with Gasteiger partial charge in [-0.05, 0) is 43.4 Å². The number of benzene rings is 1. The van der Waals surface area contributed by atoms with E-state index in [0.717, 1.165) is 6.42 Å². The summed E-state index contributed by atoms with van der Waals surface area (Å²) < 4.78 is 5.27. The minimum Gasteiger partial charge on any atom is -0.391 e. The lowest BCUT2D eigenvalue weighted by Gasteiger charge is -2.28. The van der Waals surface area contributed by atoms with E-state index in [1.807, 2.05) is 0 Å². The molecule has 0 bridgehead atoms. The van der Waals surface area contributed by atoms with Crippen molar-refractivity contribution in [3.05, 3.63) is 34.9 Å². The molecule has 2 rings (SSSR count). The zero-order valence-electron chi connectivity index (χ0n) is 12.2. The first-order valence-electron chi connectivity index (χ1n) is 7.17. The molecule has 1 aliphatic heterocycles. The number of carbonyl (C=O) groups excluding carboxylic acids is 1. The normalized spacial score (nSPS) is 22.6. The molecule has 1 saturated heterocycles. The summed E-state index contributed by atoms with van der Waals surface area (Å²) in [7, 11) is 0. The number of nitrogens with one attached hydrogen (secondary N) is 1. The minimum atomic E-state index is -0.491. The van der Waals surface area contributed by atoms with E-state index in [2.05, 4.69) is 37.4 Å². The second-order valence-corrected chi connectivity index (χ2v) is 5.52. The number of hydrogen-bond acceptors (Lipinski definition) is 3. The number of aryl methyl sites for hydroxylation is 3. The van der Waals surface area contributed by atoms with Crippen LogP contribution < -0.4 is 5.32 Å². The Morgan fingerprint density at radius 2 is 2.20 bits per heavy atom. The molecule has 20 heavy (non-hydrogen) atoms. The molecule has 0 aromatic heterocycles. The third-order valence-corrected chi connectivity index (χ3v) is 3.88. The Morgan fingerprint density at radius 1 is 1.40 bits per heavy atom. The van der Waals surface area contributed by atoms with Crippen LogP contribution in [0.25, 0.3) is 0 Å². The Labute approximate surface area is 120 Å². The number of amides is 1. The summed E-state index contributed by atoms with van der Waals surface area (Å²) in [5, 5.41) is 12.6. The standard InChI is InChI=1S/C16H23NO3/c1-11-3-4-13(9-12(11)2)5-6-16(19)17-14-10-20-8-7-15(14)18/h3-4,9,14-15,18H,5-8,10H2,1-2H3,(H,17,19)/t14-,15-/m1/s1. The molecular weight excluding hydrogens is 254 g/mol. The fraction of sp³-hybridized carbons (Fsp3) is 0.562. The highest BCUT2D eigenvalue weighted by Crippen LogP contribution is 2.12. The Bertz CT molecular complexity index is 473. The van der Waals surface area contributed by atoms with Gasteiger partial charge in [0.2, 0.25) is 5.91 Å². The van der Waals surface area contributed by atoms with Crippen LogP contribution in [-0.4, -0.2) is 36.4 Å². The summed E-state index contributed by atoms with van der Waals surface area (Å²) in [5.74, 6) is -0.0298. The van der Waals surface area contributed by atoms with Crippen molar-refractivity contribution in [3.63, 3.8) is 0 Å². The van der Waals surface area contributed by atoms with E-state index in [9.17, 15) is 9.90 Å². The first kappa shape index (κ1) is 15.0. The maximum Gasteiger partial charge on any atom is 0.220 e. The molecule has 4 nitrogen and oxygen atoms in total. The Hall–Kier alpha value is -1.39. The van der Waals surface area contributed by atoms with Crippen LogP contribution >= 0.6 is 0 Å². The first-order valence-corrected chi connectivity index (χ1v) is 7.17. The molecule has 1 aromatic carbocycles. The van der Waals surface area contributed by atoms with Crippen LogP contribution in [0.4, 0.5) is 0 Å². The van der Waals surface area contributed by atoms with Crippen molar-refractivity contribution in [1.29, 1.82) is 0 Å². The molecule has 1 fully saturated rings. The monoisotopic (exact) mass is 277 g/mol. The Kier molecular flexibility index (Phi) is 5.15. The number of hydrogen-bond donors (Lipinski definition) is 2. The van der Waals surface area contributed by atoms with Gasteiger partial charge < -0.3 is 15.2 Å². The topological polar surface area (TPSA) is 58.6 Å². The quantitative estimate of drug-likeness (QED) is 0.877. The maximum atomic E-state index is 11.9. The molecule has 1 amide bonds. The fourth-order valence-electron chi connectivity index (χ4n) is 2.36. The van der Waals surface area contributed by atoms with Gasteiger partial charge in [-0.25, -0.2) is 0 Å². The Morgan fingerprint density at radius 3 is 2.90 bits per heavy atom. The summed E-state index contributed by atoms with van der Waals surface area (Å²) in [6, 6.07) is 6.01. The lowest BCUT2D eigenvalue weighted by atomic mass is 10.0. The van der Waals surface area contributed by atoms with Gasteiger partial charge in [0.1, 0.15) is 0 Å². The first-order chi connectivity index (χ1) is 9.56. The van der Waals surface area contributed by atoms with Gasteiger partial charge in [0, 0.05) is 13.0 Å². The third-order valence-electron chi connectivity index (χ3n) is 3.88. The van der Waals surface area contributed by atoms with E-state index < -0.39 is 6.10 Å². The van der Waals surface area contributed by atoms with E-state index in [-0.39, 0.29) is 11.9 Å².